The van der Waals surface area contributed by atoms with Crippen molar-refractivity contribution in [3.63, 3.8) is 0 Å². The molecule has 2 heterocycles. The lowest BCUT2D eigenvalue weighted by molar-refractivity contribution is -0.136. The van der Waals surface area contributed by atoms with Crippen LogP contribution in [0.25, 0.3) is 0 Å². The first-order chi connectivity index (χ1) is 10.0. The van der Waals surface area contributed by atoms with Crippen LogP contribution in [-0.2, 0) is 9.53 Å². The molecule has 2 rings (SSSR count). The first-order valence-corrected chi connectivity index (χ1v) is 8.29. The molecular formula is C16H31N3O2. The number of hydrogen-bond acceptors (Lipinski definition) is 4. The molecule has 0 aliphatic carbocycles. The third-order valence-electron chi connectivity index (χ3n) is 4.73. The summed E-state index contributed by atoms with van der Waals surface area (Å²) in [6, 6.07) is 0. The van der Waals surface area contributed by atoms with E-state index in [0.29, 0.717) is 5.92 Å². The highest BCUT2D eigenvalue weighted by Gasteiger charge is 2.42. The molecule has 0 unspecified atom stereocenters. The number of carbonyl (C=O) groups excluding carboxylic acids is 1. The van der Waals surface area contributed by atoms with Crippen LogP contribution in [0.4, 0.5) is 0 Å². The minimum Gasteiger partial charge on any atom is -0.379 e. The molecule has 21 heavy (non-hydrogen) atoms. The Kier molecular flexibility index (Phi) is 6.02. The van der Waals surface area contributed by atoms with E-state index in [1.807, 2.05) is 0 Å². The van der Waals surface area contributed by atoms with E-state index < -0.39 is 0 Å². The van der Waals surface area contributed by atoms with Gasteiger partial charge in [0.2, 0.25) is 5.91 Å². The van der Waals surface area contributed by atoms with Gasteiger partial charge in [0, 0.05) is 26.2 Å². The summed E-state index contributed by atoms with van der Waals surface area (Å²) in [7, 11) is 2.14. The molecule has 0 aromatic rings. The Bertz CT molecular complexity index is 332. The Morgan fingerprint density at radius 1 is 1.19 bits per heavy atom. The Morgan fingerprint density at radius 3 is 2.38 bits per heavy atom. The van der Waals surface area contributed by atoms with Gasteiger partial charge in [0.05, 0.1) is 18.6 Å². The van der Waals surface area contributed by atoms with Gasteiger partial charge in [-0.3, -0.25) is 9.69 Å². The number of hydrogen-bond donors (Lipinski definition) is 1. The van der Waals surface area contributed by atoms with Crippen LogP contribution in [-0.4, -0.2) is 75.2 Å². The second-order valence-electron chi connectivity index (χ2n) is 7.08. The van der Waals surface area contributed by atoms with Crippen LogP contribution < -0.4 is 5.32 Å². The normalized spacial score (nSPS) is 24.2. The van der Waals surface area contributed by atoms with Gasteiger partial charge < -0.3 is 15.0 Å². The monoisotopic (exact) mass is 297 g/mol. The third kappa shape index (κ3) is 4.66. The average Bonchev–Trinajstić information content (AvgIpc) is 2.48. The van der Waals surface area contributed by atoms with Gasteiger partial charge in [-0.05, 0) is 38.9 Å². The van der Waals surface area contributed by atoms with Gasteiger partial charge in [-0.15, -0.1) is 0 Å². The minimum absolute atomic E-state index is 0.210. The van der Waals surface area contributed by atoms with Crippen LogP contribution in [0.2, 0.25) is 0 Å². The molecule has 1 N–H and O–H groups in total. The highest BCUT2D eigenvalue weighted by atomic mass is 16.5. The van der Waals surface area contributed by atoms with Crippen LogP contribution in [0.5, 0.6) is 0 Å². The molecule has 0 aromatic carbocycles. The fourth-order valence-electron chi connectivity index (χ4n) is 3.18. The van der Waals surface area contributed by atoms with Crippen LogP contribution in [0, 0.1) is 11.3 Å². The number of carbonyl (C=O) groups is 1. The van der Waals surface area contributed by atoms with Crippen molar-refractivity contribution in [3.05, 3.63) is 0 Å². The predicted octanol–water partition coefficient (Wildman–Crippen LogP) is 0.803. The zero-order valence-corrected chi connectivity index (χ0v) is 13.9. The van der Waals surface area contributed by atoms with Crippen molar-refractivity contribution in [2.24, 2.45) is 11.3 Å². The molecule has 2 aliphatic heterocycles. The summed E-state index contributed by atoms with van der Waals surface area (Å²) >= 11 is 0. The van der Waals surface area contributed by atoms with Crippen molar-refractivity contribution in [1.29, 1.82) is 0 Å². The maximum Gasteiger partial charge on any atom is 0.227 e. The second-order valence-corrected chi connectivity index (χ2v) is 7.08. The Balaban J connectivity index is 2.00. The second kappa shape index (κ2) is 7.56. The minimum atomic E-state index is -0.210. The quantitative estimate of drug-likeness (QED) is 0.815. The fourth-order valence-corrected chi connectivity index (χ4v) is 3.18. The van der Waals surface area contributed by atoms with E-state index in [2.05, 4.69) is 36.0 Å². The third-order valence-corrected chi connectivity index (χ3v) is 4.73. The van der Waals surface area contributed by atoms with Gasteiger partial charge in [-0.1, -0.05) is 13.8 Å². The SMILES string of the molecule is CC(C)CNC(=O)C1(CN2CCOCC2)CCN(C)CC1. The van der Waals surface area contributed by atoms with E-state index in [9.17, 15) is 4.79 Å². The van der Waals surface area contributed by atoms with Gasteiger partial charge in [0.25, 0.3) is 0 Å². The zero-order valence-electron chi connectivity index (χ0n) is 13.9. The number of amides is 1. The van der Waals surface area contributed by atoms with Crippen molar-refractivity contribution in [2.75, 3.05) is 59.5 Å². The number of piperidine rings is 1. The number of rotatable bonds is 5. The average molecular weight is 297 g/mol. The first kappa shape index (κ1) is 16.7. The molecule has 0 radical (unpaired) electrons. The Hall–Kier alpha value is -0.650. The zero-order chi connectivity index (χ0) is 15.3. The predicted molar refractivity (Wildman–Crippen MR) is 84.3 cm³/mol. The van der Waals surface area contributed by atoms with E-state index in [1.165, 1.54) is 0 Å². The van der Waals surface area contributed by atoms with E-state index in [4.69, 9.17) is 4.74 Å². The molecule has 0 atom stereocenters. The molecule has 2 fully saturated rings. The summed E-state index contributed by atoms with van der Waals surface area (Å²) in [4.78, 5) is 17.6. The summed E-state index contributed by atoms with van der Waals surface area (Å²) in [5.41, 5.74) is -0.210. The molecule has 2 saturated heterocycles. The molecule has 5 heteroatoms. The number of ether oxygens (including phenoxy) is 1. The van der Waals surface area contributed by atoms with Crippen molar-refractivity contribution < 1.29 is 9.53 Å². The molecule has 122 valence electrons. The number of morpholine rings is 1. The highest BCUT2D eigenvalue weighted by Crippen LogP contribution is 2.33. The van der Waals surface area contributed by atoms with Crippen molar-refractivity contribution in [1.82, 2.24) is 15.1 Å². The molecule has 5 nitrogen and oxygen atoms in total. The van der Waals surface area contributed by atoms with Crippen LogP contribution >= 0.6 is 0 Å². The Labute approximate surface area is 129 Å². The summed E-state index contributed by atoms with van der Waals surface area (Å²) < 4.78 is 5.43. The lowest BCUT2D eigenvalue weighted by atomic mass is 9.76. The highest BCUT2D eigenvalue weighted by molar-refractivity contribution is 5.83. The summed E-state index contributed by atoms with van der Waals surface area (Å²) in [5.74, 6) is 0.761. The van der Waals surface area contributed by atoms with Crippen molar-refractivity contribution in [3.8, 4) is 0 Å². The van der Waals surface area contributed by atoms with Crippen LogP contribution in [0.3, 0.4) is 0 Å². The van der Waals surface area contributed by atoms with Crippen molar-refractivity contribution >= 4 is 5.91 Å². The van der Waals surface area contributed by atoms with E-state index in [-0.39, 0.29) is 11.3 Å². The molecule has 0 aromatic heterocycles. The number of nitrogens with one attached hydrogen (secondary N) is 1. The largest absolute Gasteiger partial charge is 0.379 e. The van der Waals surface area contributed by atoms with Gasteiger partial charge in [0.15, 0.2) is 0 Å². The van der Waals surface area contributed by atoms with E-state index >= 15 is 0 Å². The van der Waals surface area contributed by atoms with E-state index in [0.717, 1.165) is 65.3 Å². The van der Waals surface area contributed by atoms with E-state index in [1.54, 1.807) is 0 Å². The maximum atomic E-state index is 12.8. The summed E-state index contributed by atoms with van der Waals surface area (Å²) in [6.45, 7) is 11.5. The van der Waals surface area contributed by atoms with Crippen LogP contribution in [0.15, 0.2) is 0 Å². The fraction of sp³-hybridized carbons (Fsp3) is 0.938. The number of nitrogens with zero attached hydrogens (tertiary/aromatic N) is 2. The van der Waals surface area contributed by atoms with Gasteiger partial charge in [-0.2, -0.15) is 0 Å². The molecule has 0 saturated carbocycles. The molecular weight excluding hydrogens is 266 g/mol. The molecule has 2 aliphatic rings. The molecule has 0 bridgehead atoms. The molecule has 1 amide bonds. The maximum absolute atomic E-state index is 12.8. The van der Waals surface area contributed by atoms with Crippen LogP contribution in [0.1, 0.15) is 26.7 Å². The first-order valence-electron chi connectivity index (χ1n) is 8.29. The van der Waals surface area contributed by atoms with Gasteiger partial charge >= 0.3 is 0 Å². The van der Waals surface area contributed by atoms with Crippen molar-refractivity contribution in [2.45, 2.75) is 26.7 Å². The molecule has 0 spiro atoms. The topological polar surface area (TPSA) is 44.8 Å². The number of likely N-dealkylation sites (tertiary alicyclic amines) is 1. The lowest BCUT2D eigenvalue weighted by Gasteiger charge is -2.43. The smallest absolute Gasteiger partial charge is 0.227 e. The Morgan fingerprint density at radius 2 is 1.81 bits per heavy atom. The standard InChI is InChI=1S/C16H31N3O2/c1-14(2)12-17-15(20)16(4-6-18(3)7-5-16)13-19-8-10-21-11-9-19/h14H,4-13H2,1-3H3,(H,17,20). The van der Waals surface area contributed by atoms with Gasteiger partial charge in [0.1, 0.15) is 0 Å². The summed E-state index contributed by atoms with van der Waals surface area (Å²) in [6.07, 6.45) is 1.93. The summed E-state index contributed by atoms with van der Waals surface area (Å²) in [5, 5.41) is 3.18. The van der Waals surface area contributed by atoms with Gasteiger partial charge in [-0.25, -0.2) is 0 Å². The lowest BCUT2D eigenvalue weighted by Crippen LogP contribution is -2.55.